The maximum Gasteiger partial charge on any atom is 0.356 e. The lowest BCUT2D eigenvalue weighted by atomic mass is 10.1. The van der Waals surface area contributed by atoms with Crippen molar-refractivity contribution in [1.82, 2.24) is 20.1 Å². The summed E-state index contributed by atoms with van der Waals surface area (Å²) in [4.78, 5) is 28.4. The number of hydrogen-bond donors (Lipinski definition) is 1. The van der Waals surface area contributed by atoms with E-state index >= 15 is 0 Å². The maximum absolute atomic E-state index is 13.2. The number of halogens is 1. The molecular weight excluding hydrogens is 387 g/mol. The van der Waals surface area contributed by atoms with Gasteiger partial charge in [0.05, 0.1) is 30.1 Å². The molecule has 0 radical (unpaired) electrons. The number of aromatic nitrogens is 3. The number of benzene rings is 2. The summed E-state index contributed by atoms with van der Waals surface area (Å²) in [5, 5.41) is 7.86. The number of nitrogens with zero attached hydrogens (tertiary/aromatic N) is 3. The second-order valence-corrected chi connectivity index (χ2v) is 6.49. The van der Waals surface area contributed by atoms with Crippen LogP contribution < -0.4 is 5.32 Å². The van der Waals surface area contributed by atoms with Crippen molar-refractivity contribution in [1.29, 1.82) is 0 Å². The van der Waals surface area contributed by atoms with Crippen LogP contribution in [0.2, 0.25) is 0 Å². The molecule has 7 nitrogen and oxygen atoms in total. The Morgan fingerprint density at radius 1 is 1.13 bits per heavy atom. The van der Waals surface area contributed by atoms with Crippen LogP contribution in [0.5, 0.6) is 0 Å². The zero-order valence-corrected chi connectivity index (χ0v) is 16.0. The predicted octanol–water partition coefficient (Wildman–Crippen LogP) is 3.28. The van der Waals surface area contributed by atoms with E-state index in [4.69, 9.17) is 0 Å². The molecule has 4 rings (SSSR count). The molecule has 8 heteroatoms. The van der Waals surface area contributed by atoms with Crippen LogP contribution in [0.4, 0.5) is 4.39 Å². The molecule has 0 fully saturated rings. The molecule has 4 aromatic rings. The van der Waals surface area contributed by atoms with E-state index in [0.29, 0.717) is 22.2 Å². The number of fused-ring (bicyclic) bond motifs is 1. The highest BCUT2D eigenvalue weighted by atomic mass is 19.1. The minimum absolute atomic E-state index is 0.173. The first-order chi connectivity index (χ1) is 14.6. The zero-order chi connectivity index (χ0) is 21.1. The van der Waals surface area contributed by atoms with Crippen molar-refractivity contribution >= 4 is 22.8 Å². The van der Waals surface area contributed by atoms with E-state index in [1.165, 1.54) is 25.4 Å². The SMILES string of the molecule is COC(=O)c1cc(CNC(=O)c2cccc3c2cnn3-c2ccc(F)cc2)ccn1. The number of esters is 1. The Labute approximate surface area is 171 Å². The largest absolute Gasteiger partial charge is 0.464 e. The van der Waals surface area contributed by atoms with Crippen LogP contribution in [0.15, 0.2) is 67.0 Å². The Balaban J connectivity index is 1.57. The first-order valence-corrected chi connectivity index (χ1v) is 9.11. The van der Waals surface area contributed by atoms with Crippen LogP contribution in [-0.2, 0) is 11.3 Å². The number of carbonyl (C=O) groups excluding carboxylic acids is 2. The standard InChI is InChI=1S/C22H17FN4O3/c1-30-22(29)19-11-14(9-10-24-19)12-25-21(28)17-3-2-4-20-18(17)13-26-27(20)16-7-5-15(23)6-8-16/h2-11,13H,12H2,1H3,(H,25,28). The van der Waals surface area contributed by atoms with Crippen molar-refractivity contribution in [3.8, 4) is 5.69 Å². The molecule has 0 unspecified atom stereocenters. The number of rotatable bonds is 5. The van der Waals surface area contributed by atoms with Gasteiger partial charge in [-0.25, -0.2) is 18.9 Å². The average Bonchev–Trinajstić information content (AvgIpc) is 3.22. The summed E-state index contributed by atoms with van der Waals surface area (Å²) in [6, 6.07) is 14.6. The van der Waals surface area contributed by atoms with Crippen LogP contribution in [0.3, 0.4) is 0 Å². The molecule has 0 bridgehead atoms. The van der Waals surface area contributed by atoms with Crippen molar-refractivity contribution in [2.24, 2.45) is 0 Å². The second kappa shape index (κ2) is 8.12. The zero-order valence-electron chi connectivity index (χ0n) is 16.0. The molecule has 0 aliphatic rings. The van der Waals surface area contributed by atoms with Crippen LogP contribution >= 0.6 is 0 Å². The molecule has 0 saturated carbocycles. The highest BCUT2D eigenvalue weighted by Crippen LogP contribution is 2.22. The number of ether oxygens (including phenoxy) is 1. The van der Waals surface area contributed by atoms with Crippen molar-refractivity contribution < 1.29 is 18.7 Å². The minimum atomic E-state index is -0.541. The fourth-order valence-electron chi connectivity index (χ4n) is 3.12. The molecule has 0 spiro atoms. The van der Waals surface area contributed by atoms with Crippen LogP contribution in [0.25, 0.3) is 16.6 Å². The van der Waals surface area contributed by atoms with Crippen LogP contribution in [0.1, 0.15) is 26.4 Å². The summed E-state index contributed by atoms with van der Waals surface area (Å²) in [5.74, 6) is -1.15. The molecule has 2 aromatic heterocycles. The van der Waals surface area contributed by atoms with Gasteiger partial charge in [0, 0.05) is 18.1 Å². The summed E-state index contributed by atoms with van der Waals surface area (Å²) in [7, 11) is 1.28. The lowest BCUT2D eigenvalue weighted by Crippen LogP contribution is -2.23. The summed E-state index contributed by atoms with van der Waals surface area (Å²) < 4.78 is 19.5. The van der Waals surface area contributed by atoms with E-state index in [-0.39, 0.29) is 24.0 Å². The van der Waals surface area contributed by atoms with Gasteiger partial charge < -0.3 is 10.1 Å². The Hall–Kier alpha value is -4.07. The van der Waals surface area contributed by atoms with Gasteiger partial charge in [-0.1, -0.05) is 6.07 Å². The summed E-state index contributed by atoms with van der Waals surface area (Å²) in [6.07, 6.45) is 3.09. The van der Waals surface area contributed by atoms with E-state index in [9.17, 15) is 14.0 Å². The van der Waals surface area contributed by atoms with Gasteiger partial charge in [-0.3, -0.25) is 4.79 Å². The second-order valence-electron chi connectivity index (χ2n) is 6.49. The number of methoxy groups -OCH3 is 1. The fourth-order valence-corrected chi connectivity index (χ4v) is 3.12. The lowest BCUT2D eigenvalue weighted by molar-refractivity contribution is 0.0594. The average molecular weight is 404 g/mol. The van der Waals surface area contributed by atoms with E-state index in [0.717, 1.165) is 5.52 Å². The summed E-state index contributed by atoms with van der Waals surface area (Å²) in [5.41, 5.74) is 2.77. The van der Waals surface area contributed by atoms with Gasteiger partial charge in [-0.2, -0.15) is 5.10 Å². The van der Waals surface area contributed by atoms with Gasteiger partial charge >= 0.3 is 5.97 Å². The van der Waals surface area contributed by atoms with Gasteiger partial charge in [0.15, 0.2) is 0 Å². The van der Waals surface area contributed by atoms with E-state index in [1.54, 1.807) is 47.3 Å². The molecule has 0 aliphatic heterocycles. The third-order valence-corrected chi connectivity index (χ3v) is 4.60. The molecule has 2 heterocycles. The van der Waals surface area contributed by atoms with Gasteiger partial charge in [-0.05, 0) is 54.1 Å². The Kier molecular flexibility index (Phi) is 5.21. The first kappa shape index (κ1) is 19.3. The minimum Gasteiger partial charge on any atom is -0.464 e. The van der Waals surface area contributed by atoms with E-state index < -0.39 is 5.97 Å². The molecule has 0 atom stereocenters. The van der Waals surface area contributed by atoms with Crippen molar-refractivity contribution in [2.75, 3.05) is 7.11 Å². The predicted molar refractivity (Wildman–Crippen MR) is 108 cm³/mol. The lowest BCUT2D eigenvalue weighted by Gasteiger charge is -2.08. The van der Waals surface area contributed by atoms with Gasteiger partial charge in [0.25, 0.3) is 5.91 Å². The number of carbonyl (C=O) groups is 2. The van der Waals surface area contributed by atoms with Crippen molar-refractivity contribution in [3.05, 3.63) is 89.6 Å². The summed E-state index contributed by atoms with van der Waals surface area (Å²) in [6.45, 7) is 0.216. The highest BCUT2D eigenvalue weighted by molar-refractivity contribution is 6.06. The number of amides is 1. The van der Waals surface area contributed by atoms with E-state index in [2.05, 4.69) is 20.1 Å². The Bertz CT molecular complexity index is 1230. The van der Waals surface area contributed by atoms with Gasteiger partial charge in [-0.15, -0.1) is 0 Å². The van der Waals surface area contributed by atoms with Gasteiger partial charge in [0.1, 0.15) is 11.5 Å². The molecule has 2 aromatic carbocycles. The molecule has 1 N–H and O–H groups in total. The highest BCUT2D eigenvalue weighted by Gasteiger charge is 2.14. The molecule has 30 heavy (non-hydrogen) atoms. The monoisotopic (exact) mass is 404 g/mol. The molecule has 1 amide bonds. The number of hydrogen-bond acceptors (Lipinski definition) is 5. The number of pyridine rings is 1. The summed E-state index contributed by atoms with van der Waals surface area (Å²) >= 11 is 0. The molecule has 0 saturated heterocycles. The first-order valence-electron chi connectivity index (χ1n) is 9.11. The van der Waals surface area contributed by atoms with E-state index in [1.807, 2.05) is 6.07 Å². The number of nitrogens with one attached hydrogen (secondary N) is 1. The van der Waals surface area contributed by atoms with Crippen LogP contribution in [0, 0.1) is 5.82 Å². The fraction of sp³-hybridized carbons (Fsp3) is 0.0909. The maximum atomic E-state index is 13.2. The Morgan fingerprint density at radius 3 is 2.70 bits per heavy atom. The van der Waals surface area contributed by atoms with Crippen molar-refractivity contribution in [3.63, 3.8) is 0 Å². The normalized spacial score (nSPS) is 10.7. The van der Waals surface area contributed by atoms with Gasteiger partial charge in [0.2, 0.25) is 0 Å². The smallest absolute Gasteiger partial charge is 0.356 e. The molecule has 150 valence electrons. The van der Waals surface area contributed by atoms with Crippen molar-refractivity contribution in [2.45, 2.75) is 6.54 Å². The topological polar surface area (TPSA) is 86.1 Å². The quantitative estimate of drug-likeness (QED) is 0.516. The Morgan fingerprint density at radius 2 is 1.93 bits per heavy atom. The third-order valence-electron chi connectivity index (χ3n) is 4.60. The third kappa shape index (κ3) is 3.75. The molecule has 0 aliphatic carbocycles. The van der Waals surface area contributed by atoms with Crippen LogP contribution in [-0.4, -0.2) is 33.8 Å². The molecular formula is C22H17FN4O3.